The van der Waals surface area contributed by atoms with Gasteiger partial charge in [-0.2, -0.15) is 0 Å². The van der Waals surface area contributed by atoms with Crippen LogP contribution in [0.5, 0.6) is 0 Å². The van der Waals surface area contributed by atoms with Crippen molar-refractivity contribution in [2.24, 2.45) is 0 Å². The molecule has 0 saturated heterocycles. The quantitative estimate of drug-likeness (QED) is 0.800. The first-order chi connectivity index (χ1) is 7.74. The number of rotatable bonds is 1. The zero-order valence-corrected chi connectivity index (χ0v) is 9.73. The maximum atomic E-state index is 11.4. The SMILES string of the molecule is Cc1ccc(-c2ccc3c(c2)CNC3=O)s1. The Morgan fingerprint density at radius 2 is 2.12 bits per heavy atom. The number of benzene rings is 1. The van der Waals surface area contributed by atoms with Crippen LogP contribution in [0.1, 0.15) is 20.8 Å². The van der Waals surface area contributed by atoms with Crippen LogP contribution in [0.15, 0.2) is 30.3 Å². The van der Waals surface area contributed by atoms with E-state index in [0.29, 0.717) is 6.54 Å². The monoisotopic (exact) mass is 229 g/mol. The maximum absolute atomic E-state index is 11.4. The van der Waals surface area contributed by atoms with Crippen LogP contribution in [-0.4, -0.2) is 5.91 Å². The summed E-state index contributed by atoms with van der Waals surface area (Å²) in [5.41, 5.74) is 3.12. The van der Waals surface area contributed by atoms with E-state index in [9.17, 15) is 4.79 Å². The van der Waals surface area contributed by atoms with Crippen molar-refractivity contribution in [3.05, 3.63) is 46.3 Å². The highest BCUT2D eigenvalue weighted by atomic mass is 32.1. The van der Waals surface area contributed by atoms with Crippen molar-refractivity contribution >= 4 is 17.2 Å². The highest BCUT2D eigenvalue weighted by Gasteiger charge is 2.18. The molecule has 0 fully saturated rings. The molecule has 1 aliphatic rings. The van der Waals surface area contributed by atoms with Gasteiger partial charge in [-0.25, -0.2) is 0 Å². The zero-order chi connectivity index (χ0) is 11.1. The average Bonchev–Trinajstić information content (AvgIpc) is 2.86. The minimum absolute atomic E-state index is 0.0453. The van der Waals surface area contributed by atoms with Gasteiger partial charge in [-0.15, -0.1) is 11.3 Å². The minimum Gasteiger partial charge on any atom is -0.348 e. The van der Waals surface area contributed by atoms with Gasteiger partial charge in [-0.1, -0.05) is 6.07 Å². The van der Waals surface area contributed by atoms with Crippen molar-refractivity contribution in [3.63, 3.8) is 0 Å². The van der Waals surface area contributed by atoms with Crippen molar-refractivity contribution in [2.75, 3.05) is 0 Å². The van der Waals surface area contributed by atoms with E-state index in [0.717, 1.165) is 11.1 Å². The predicted molar refractivity (Wildman–Crippen MR) is 65.7 cm³/mol. The molecule has 2 aromatic rings. The van der Waals surface area contributed by atoms with Crippen LogP contribution in [0.4, 0.5) is 0 Å². The molecule has 0 aliphatic carbocycles. The smallest absolute Gasteiger partial charge is 0.251 e. The second-order valence-corrected chi connectivity index (χ2v) is 5.25. The number of amides is 1. The minimum atomic E-state index is 0.0453. The van der Waals surface area contributed by atoms with Gasteiger partial charge in [0.15, 0.2) is 0 Å². The Morgan fingerprint density at radius 3 is 2.88 bits per heavy atom. The first-order valence-corrected chi connectivity index (χ1v) is 6.03. The van der Waals surface area contributed by atoms with Gasteiger partial charge < -0.3 is 5.32 Å². The molecule has 1 aromatic heterocycles. The Bertz CT molecular complexity index is 571. The number of fused-ring (bicyclic) bond motifs is 1. The van der Waals surface area contributed by atoms with E-state index in [1.807, 2.05) is 12.1 Å². The van der Waals surface area contributed by atoms with Crippen LogP contribution in [0.2, 0.25) is 0 Å². The van der Waals surface area contributed by atoms with Gasteiger partial charge in [0.1, 0.15) is 0 Å². The molecular weight excluding hydrogens is 218 g/mol. The topological polar surface area (TPSA) is 29.1 Å². The average molecular weight is 229 g/mol. The van der Waals surface area contributed by atoms with Gasteiger partial charge in [-0.3, -0.25) is 4.79 Å². The van der Waals surface area contributed by atoms with Gasteiger partial charge >= 0.3 is 0 Å². The van der Waals surface area contributed by atoms with Crippen molar-refractivity contribution in [2.45, 2.75) is 13.5 Å². The molecule has 0 atom stereocenters. The predicted octanol–water partition coefficient (Wildman–Crippen LogP) is 2.97. The molecule has 0 saturated carbocycles. The molecule has 16 heavy (non-hydrogen) atoms. The number of carbonyl (C=O) groups excluding carboxylic acids is 1. The molecule has 0 radical (unpaired) electrons. The largest absolute Gasteiger partial charge is 0.348 e. The van der Waals surface area contributed by atoms with Crippen LogP contribution in [0, 0.1) is 6.92 Å². The summed E-state index contributed by atoms with van der Waals surface area (Å²) in [6, 6.07) is 10.3. The molecule has 1 amide bonds. The molecule has 0 unspecified atom stereocenters. The van der Waals surface area contributed by atoms with E-state index in [1.54, 1.807) is 11.3 Å². The Kier molecular flexibility index (Phi) is 2.07. The highest BCUT2D eigenvalue weighted by molar-refractivity contribution is 7.15. The van der Waals surface area contributed by atoms with Crippen LogP contribution in [-0.2, 0) is 6.54 Å². The Morgan fingerprint density at radius 1 is 1.25 bits per heavy atom. The number of hydrogen-bond donors (Lipinski definition) is 1. The Labute approximate surface area is 97.9 Å². The summed E-state index contributed by atoms with van der Waals surface area (Å²) >= 11 is 1.78. The van der Waals surface area contributed by atoms with Crippen molar-refractivity contribution < 1.29 is 4.79 Å². The van der Waals surface area contributed by atoms with E-state index in [2.05, 4.69) is 30.4 Å². The van der Waals surface area contributed by atoms with Gasteiger partial charge in [0, 0.05) is 21.9 Å². The van der Waals surface area contributed by atoms with E-state index >= 15 is 0 Å². The van der Waals surface area contributed by atoms with E-state index in [1.165, 1.54) is 15.3 Å². The van der Waals surface area contributed by atoms with Crippen molar-refractivity contribution in [3.8, 4) is 10.4 Å². The summed E-state index contributed by atoms with van der Waals surface area (Å²) in [5.74, 6) is 0.0453. The summed E-state index contributed by atoms with van der Waals surface area (Å²) in [6.07, 6.45) is 0. The van der Waals surface area contributed by atoms with Gasteiger partial charge in [0.25, 0.3) is 5.91 Å². The molecule has 3 rings (SSSR count). The van der Waals surface area contributed by atoms with Crippen LogP contribution < -0.4 is 5.32 Å². The number of carbonyl (C=O) groups is 1. The van der Waals surface area contributed by atoms with Crippen LogP contribution in [0.25, 0.3) is 10.4 Å². The third-order valence-electron chi connectivity index (χ3n) is 2.81. The lowest BCUT2D eigenvalue weighted by molar-refractivity contribution is 0.0966. The van der Waals surface area contributed by atoms with Gasteiger partial charge in [0.2, 0.25) is 0 Å². The van der Waals surface area contributed by atoms with E-state index in [4.69, 9.17) is 0 Å². The Balaban J connectivity index is 2.08. The van der Waals surface area contributed by atoms with Crippen LogP contribution in [0.3, 0.4) is 0 Å². The lowest BCUT2D eigenvalue weighted by Crippen LogP contribution is -2.12. The zero-order valence-electron chi connectivity index (χ0n) is 8.91. The normalized spacial score (nSPS) is 13.7. The first-order valence-electron chi connectivity index (χ1n) is 5.22. The fraction of sp³-hybridized carbons (Fsp3) is 0.154. The number of hydrogen-bond acceptors (Lipinski definition) is 2. The number of thiophene rings is 1. The fourth-order valence-electron chi connectivity index (χ4n) is 1.98. The van der Waals surface area contributed by atoms with Crippen molar-refractivity contribution in [1.82, 2.24) is 5.32 Å². The lowest BCUT2D eigenvalue weighted by Gasteiger charge is -2.00. The molecule has 1 aromatic carbocycles. The van der Waals surface area contributed by atoms with Crippen molar-refractivity contribution in [1.29, 1.82) is 0 Å². The summed E-state index contributed by atoms with van der Waals surface area (Å²) in [6.45, 7) is 2.76. The second-order valence-electron chi connectivity index (χ2n) is 3.96. The molecule has 3 heteroatoms. The molecule has 2 nitrogen and oxygen atoms in total. The summed E-state index contributed by atoms with van der Waals surface area (Å²) in [5, 5.41) is 2.83. The third kappa shape index (κ3) is 1.44. The molecule has 0 spiro atoms. The van der Waals surface area contributed by atoms with Gasteiger partial charge in [-0.05, 0) is 42.3 Å². The van der Waals surface area contributed by atoms with E-state index < -0.39 is 0 Å². The summed E-state index contributed by atoms with van der Waals surface area (Å²) < 4.78 is 0. The third-order valence-corrected chi connectivity index (χ3v) is 3.86. The van der Waals surface area contributed by atoms with Crippen LogP contribution >= 0.6 is 11.3 Å². The highest BCUT2D eigenvalue weighted by Crippen LogP contribution is 2.30. The van der Waals surface area contributed by atoms with Gasteiger partial charge in [0.05, 0.1) is 0 Å². The first kappa shape index (κ1) is 9.60. The molecule has 2 heterocycles. The number of aryl methyl sites for hydroxylation is 1. The molecular formula is C13H11NOS. The fourth-order valence-corrected chi connectivity index (χ4v) is 2.84. The maximum Gasteiger partial charge on any atom is 0.251 e. The molecule has 1 aliphatic heterocycles. The standard InChI is InChI=1S/C13H11NOS/c1-8-2-5-12(16-8)9-3-4-11-10(6-9)7-14-13(11)15/h2-6H,7H2,1H3,(H,14,15). The second kappa shape index (κ2) is 3.46. The molecule has 0 bridgehead atoms. The Hall–Kier alpha value is -1.61. The molecule has 1 N–H and O–H groups in total. The lowest BCUT2D eigenvalue weighted by atomic mass is 10.1. The summed E-state index contributed by atoms with van der Waals surface area (Å²) in [4.78, 5) is 14.0. The molecule has 80 valence electrons. The number of nitrogens with one attached hydrogen (secondary N) is 1. The summed E-state index contributed by atoms with van der Waals surface area (Å²) in [7, 11) is 0. The van der Waals surface area contributed by atoms with E-state index in [-0.39, 0.29) is 5.91 Å².